The number of rotatable bonds is 3. The Bertz CT molecular complexity index is 734. The Labute approximate surface area is 134 Å². The maximum Gasteiger partial charge on any atom is 0.322 e. The van der Waals surface area contributed by atoms with Crippen LogP contribution in [-0.2, 0) is 24.4 Å². The van der Waals surface area contributed by atoms with Gasteiger partial charge in [0, 0.05) is 12.1 Å². The van der Waals surface area contributed by atoms with Crippen molar-refractivity contribution in [3.63, 3.8) is 0 Å². The molecule has 1 aromatic carbocycles. The van der Waals surface area contributed by atoms with E-state index in [4.69, 9.17) is 0 Å². The minimum absolute atomic E-state index is 0.203. The van der Waals surface area contributed by atoms with Gasteiger partial charge in [0.05, 0.1) is 17.6 Å². The average molecular weight is 369 g/mol. The molecule has 116 valence electrons. The molecule has 1 N–H and O–H groups in total. The molecule has 0 spiro atoms. The lowest BCUT2D eigenvalue weighted by Crippen LogP contribution is -2.47. The Hall–Kier alpha value is -1.80. The molecule has 2 aromatic rings. The van der Waals surface area contributed by atoms with Gasteiger partial charge in [-0.15, -0.1) is 10.2 Å². The average Bonchev–Trinajstić information content (AvgIpc) is 2.84. The molecular formula is C14H14BrFN4O2. The molecule has 0 saturated heterocycles. The van der Waals surface area contributed by atoms with Crippen molar-refractivity contribution in [2.75, 3.05) is 0 Å². The number of fused-ring (bicyclic) bond motifs is 1. The first-order valence-electron chi connectivity index (χ1n) is 6.76. The zero-order valence-corrected chi connectivity index (χ0v) is 13.4. The lowest BCUT2D eigenvalue weighted by atomic mass is 10.1. The number of hydrogen-bond acceptors (Lipinski definition) is 4. The largest absolute Gasteiger partial charge is 0.480 e. The van der Waals surface area contributed by atoms with Gasteiger partial charge in [-0.3, -0.25) is 9.69 Å². The minimum atomic E-state index is -0.936. The highest BCUT2D eigenvalue weighted by Gasteiger charge is 2.33. The van der Waals surface area contributed by atoms with Crippen molar-refractivity contribution in [1.82, 2.24) is 19.7 Å². The van der Waals surface area contributed by atoms with E-state index in [0.29, 0.717) is 28.2 Å². The molecule has 0 radical (unpaired) electrons. The third kappa shape index (κ3) is 2.64. The number of aryl methyl sites for hydroxylation is 1. The summed E-state index contributed by atoms with van der Waals surface area (Å²) in [6.07, 6.45) is 0. The number of benzene rings is 1. The summed E-state index contributed by atoms with van der Waals surface area (Å²) in [4.78, 5) is 13.3. The van der Waals surface area contributed by atoms with Crippen molar-refractivity contribution in [1.29, 1.82) is 0 Å². The van der Waals surface area contributed by atoms with Crippen LogP contribution in [0.3, 0.4) is 0 Å². The predicted molar refractivity (Wildman–Crippen MR) is 79.5 cm³/mol. The van der Waals surface area contributed by atoms with Gasteiger partial charge in [0.15, 0.2) is 0 Å². The standard InChI is InChI=1S/C14H14BrFN4O2/c1-8-17-18-12-7-19(11(14(21)22)6-20(8)12)5-9-3-2-4-10(15)13(9)16/h2-4,11H,5-7H2,1H3,(H,21,22). The molecule has 1 aromatic heterocycles. The number of hydrogen-bond donors (Lipinski definition) is 1. The molecule has 0 bridgehead atoms. The summed E-state index contributed by atoms with van der Waals surface area (Å²) in [7, 11) is 0. The van der Waals surface area contributed by atoms with Crippen LogP contribution in [0.25, 0.3) is 0 Å². The monoisotopic (exact) mass is 368 g/mol. The summed E-state index contributed by atoms with van der Waals surface area (Å²) in [5.74, 6) is 0.0870. The van der Waals surface area contributed by atoms with Gasteiger partial charge in [-0.25, -0.2) is 4.39 Å². The van der Waals surface area contributed by atoms with E-state index in [0.717, 1.165) is 0 Å². The number of carboxylic acid groups (broad SMARTS) is 1. The number of aromatic nitrogens is 3. The van der Waals surface area contributed by atoms with Crippen molar-refractivity contribution in [3.05, 3.63) is 45.7 Å². The van der Waals surface area contributed by atoms with E-state index in [-0.39, 0.29) is 18.9 Å². The predicted octanol–water partition coefficient (Wildman–Crippen LogP) is 1.96. The molecular weight excluding hydrogens is 355 g/mol. The topological polar surface area (TPSA) is 71.2 Å². The molecule has 1 aliphatic rings. The third-order valence-electron chi connectivity index (χ3n) is 3.84. The van der Waals surface area contributed by atoms with Crippen LogP contribution < -0.4 is 0 Å². The first-order chi connectivity index (χ1) is 10.5. The SMILES string of the molecule is Cc1nnc2n1CC(C(=O)O)N(Cc1cccc(Br)c1F)C2. The van der Waals surface area contributed by atoms with Gasteiger partial charge in [-0.1, -0.05) is 12.1 Å². The van der Waals surface area contributed by atoms with E-state index in [1.807, 2.05) is 0 Å². The number of aliphatic carboxylic acids is 1. The van der Waals surface area contributed by atoms with Crippen LogP contribution >= 0.6 is 15.9 Å². The van der Waals surface area contributed by atoms with Crippen LogP contribution in [0.1, 0.15) is 17.2 Å². The molecule has 3 rings (SSSR count). The molecule has 6 nitrogen and oxygen atoms in total. The van der Waals surface area contributed by atoms with Crippen molar-refractivity contribution in [2.24, 2.45) is 0 Å². The Morgan fingerprint density at radius 3 is 3.00 bits per heavy atom. The lowest BCUT2D eigenvalue weighted by molar-refractivity contribution is -0.145. The Morgan fingerprint density at radius 2 is 2.27 bits per heavy atom. The number of halogens is 2. The molecule has 2 heterocycles. The fourth-order valence-corrected chi connectivity index (χ4v) is 3.06. The van der Waals surface area contributed by atoms with Gasteiger partial charge in [0.1, 0.15) is 23.5 Å². The Balaban J connectivity index is 1.91. The molecule has 22 heavy (non-hydrogen) atoms. The third-order valence-corrected chi connectivity index (χ3v) is 4.46. The van der Waals surface area contributed by atoms with Crippen LogP contribution in [-0.4, -0.2) is 36.8 Å². The van der Waals surface area contributed by atoms with Gasteiger partial charge < -0.3 is 9.67 Å². The molecule has 1 atom stereocenters. The molecule has 0 saturated carbocycles. The Kier molecular flexibility index (Phi) is 3.96. The van der Waals surface area contributed by atoms with Crippen LogP contribution in [0.15, 0.2) is 22.7 Å². The fourth-order valence-electron chi connectivity index (χ4n) is 2.65. The zero-order valence-electron chi connectivity index (χ0n) is 11.8. The number of carboxylic acids is 1. The van der Waals surface area contributed by atoms with Gasteiger partial charge >= 0.3 is 5.97 Å². The highest BCUT2D eigenvalue weighted by Crippen LogP contribution is 2.24. The fraction of sp³-hybridized carbons (Fsp3) is 0.357. The van der Waals surface area contributed by atoms with E-state index >= 15 is 0 Å². The normalized spacial score (nSPS) is 18.2. The second-order valence-corrected chi connectivity index (χ2v) is 6.10. The van der Waals surface area contributed by atoms with E-state index in [2.05, 4.69) is 26.1 Å². The zero-order chi connectivity index (χ0) is 15.9. The number of carbonyl (C=O) groups is 1. The lowest BCUT2D eigenvalue weighted by Gasteiger charge is -2.33. The molecule has 0 aliphatic carbocycles. The maximum atomic E-state index is 14.1. The van der Waals surface area contributed by atoms with Crippen LogP contribution in [0.4, 0.5) is 4.39 Å². The quantitative estimate of drug-likeness (QED) is 0.896. The summed E-state index contributed by atoms with van der Waals surface area (Å²) >= 11 is 3.15. The van der Waals surface area contributed by atoms with Crippen LogP contribution in [0.2, 0.25) is 0 Å². The minimum Gasteiger partial charge on any atom is -0.480 e. The first-order valence-corrected chi connectivity index (χ1v) is 7.55. The van der Waals surface area contributed by atoms with Crippen molar-refractivity contribution in [2.45, 2.75) is 32.6 Å². The molecule has 0 fully saturated rings. The van der Waals surface area contributed by atoms with Gasteiger partial charge in [0.2, 0.25) is 0 Å². The van der Waals surface area contributed by atoms with Gasteiger partial charge in [-0.2, -0.15) is 0 Å². The molecule has 8 heteroatoms. The van der Waals surface area contributed by atoms with Crippen LogP contribution in [0, 0.1) is 12.7 Å². The Morgan fingerprint density at radius 1 is 1.50 bits per heavy atom. The van der Waals surface area contributed by atoms with E-state index < -0.39 is 12.0 Å². The first kappa shape index (κ1) is 15.1. The van der Waals surface area contributed by atoms with Crippen molar-refractivity contribution < 1.29 is 14.3 Å². The summed E-state index contributed by atoms with van der Waals surface area (Å²) in [5.41, 5.74) is 0.449. The summed E-state index contributed by atoms with van der Waals surface area (Å²) in [6.45, 7) is 2.58. The van der Waals surface area contributed by atoms with E-state index in [1.54, 1.807) is 34.6 Å². The molecule has 0 amide bonds. The van der Waals surface area contributed by atoms with Crippen LogP contribution in [0.5, 0.6) is 0 Å². The van der Waals surface area contributed by atoms with Gasteiger partial charge in [-0.05, 0) is 28.9 Å². The summed E-state index contributed by atoms with van der Waals surface area (Å²) < 4.78 is 16.3. The summed E-state index contributed by atoms with van der Waals surface area (Å²) in [5, 5.41) is 17.5. The van der Waals surface area contributed by atoms with Crippen molar-refractivity contribution >= 4 is 21.9 Å². The van der Waals surface area contributed by atoms with Gasteiger partial charge in [0.25, 0.3) is 0 Å². The second-order valence-electron chi connectivity index (χ2n) is 5.25. The molecule has 1 aliphatic heterocycles. The van der Waals surface area contributed by atoms with E-state index in [1.165, 1.54) is 0 Å². The number of nitrogens with zero attached hydrogens (tertiary/aromatic N) is 4. The maximum absolute atomic E-state index is 14.1. The molecule has 1 unspecified atom stereocenters. The van der Waals surface area contributed by atoms with E-state index in [9.17, 15) is 14.3 Å². The second kappa shape index (κ2) is 5.77. The highest BCUT2D eigenvalue weighted by molar-refractivity contribution is 9.10. The van der Waals surface area contributed by atoms with Crippen molar-refractivity contribution in [3.8, 4) is 0 Å². The highest BCUT2D eigenvalue weighted by atomic mass is 79.9. The summed E-state index contributed by atoms with van der Waals surface area (Å²) in [6, 6.07) is 4.27. The smallest absolute Gasteiger partial charge is 0.322 e.